The summed E-state index contributed by atoms with van der Waals surface area (Å²) in [6, 6.07) is 10.1. The standard InChI is InChI=1S/C15H22N2O/c1-13-7-5-6-11-17(13)12-10-16-15(18)14-8-3-2-4-9-14/h2-4,8-9,13H,5-7,10-12H2,1H3,(H,16,18). The first-order valence-corrected chi connectivity index (χ1v) is 6.84. The molecule has 1 aromatic rings. The molecule has 0 aromatic heterocycles. The van der Waals surface area contributed by atoms with Crippen LogP contribution in [0.15, 0.2) is 30.3 Å². The third kappa shape index (κ3) is 3.57. The first kappa shape index (κ1) is 13.1. The Morgan fingerprint density at radius 3 is 2.83 bits per heavy atom. The number of piperidine rings is 1. The monoisotopic (exact) mass is 246 g/mol. The Morgan fingerprint density at radius 1 is 1.33 bits per heavy atom. The van der Waals surface area contributed by atoms with Gasteiger partial charge in [-0.1, -0.05) is 24.6 Å². The van der Waals surface area contributed by atoms with Crippen molar-refractivity contribution < 1.29 is 4.79 Å². The molecule has 18 heavy (non-hydrogen) atoms. The van der Waals surface area contributed by atoms with Gasteiger partial charge in [0.25, 0.3) is 5.91 Å². The van der Waals surface area contributed by atoms with Crippen molar-refractivity contribution in [3.8, 4) is 0 Å². The van der Waals surface area contributed by atoms with Gasteiger partial charge >= 0.3 is 0 Å². The van der Waals surface area contributed by atoms with Crippen molar-refractivity contribution in [1.29, 1.82) is 0 Å². The summed E-state index contributed by atoms with van der Waals surface area (Å²) >= 11 is 0. The van der Waals surface area contributed by atoms with Crippen molar-refractivity contribution in [2.45, 2.75) is 32.2 Å². The van der Waals surface area contributed by atoms with E-state index in [2.05, 4.69) is 17.1 Å². The molecule has 1 N–H and O–H groups in total. The van der Waals surface area contributed by atoms with E-state index in [4.69, 9.17) is 0 Å². The molecule has 0 bridgehead atoms. The molecule has 1 aliphatic rings. The molecule has 2 rings (SSSR count). The Labute approximate surface area is 109 Å². The molecule has 1 heterocycles. The first-order valence-electron chi connectivity index (χ1n) is 6.84. The normalized spacial score (nSPS) is 20.6. The Kier molecular flexibility index (Phi) is 4.76. The highest BCUT2D eigenvalue weighted by Crippen LogP contribution is 2.15. The highest BCUT2D eigenvalue weighted by molar-refractivity contribution is 5.94. The van der Waals surface area contributed by atoms with Crippen LogP contribution >= 0.6 is 0 Å². The van der Waals surface area contributed by atoms with Crippen LogP contribution in [0.4, 0.5) is 0 Å². The van der Waals surface area contributed by atoms with Crippen LogP contribution in [0, 0.1) is 0 Å². The van der Waals surface area contributed by atoms with Crippen molar-refractivity contribution >= 4 is 5.91 Å². The number of rotatable bonds is 4. The van der Waals surface area contributed by atoms with E-state index in [1.54, 1.807) is 0 Å². The lowest BCUT2D eigenvalue weighted by Crippen LogP contribution is -2.42. The number of hydrogen-bond acceptors (Lipinski definition) is 2. The molecule has 98 valence electrons. The topological polar surface area (TPSA) is 32.3 Å². The number of carbonyl (C=O) groups is 1. The van der Waals surface area contributed by atoms with Crippen LogP contribution in [0.5, 0.6) is 0 Å². The number of carbonyl (C=O) groups excluding carboxylic acids is 1. The Morgan fingerprint density at radius 2 is 2.11 bits per heavy atom. The second-order valence-electron chi connectivity index (χ2n) is 5.00. The molecule has 3 heteroatoms. The van der Waals surface area contributed by atoms with Gasteiger partial charge in [-0.15, -0.1) is 0 Å². The Balaban J connectivity index is 1.73. The first-order chi connectivity index (χ1) is 8.77. The van der Waals surface area contributed by atoms with Crippen LogP contribution in [-0.2, 0) is 0 Å². The molecule has 0 aliphatic carbocycles. The molecule has 0 spiro atoms. The van der Waals surface area contributed by atoms with Crippen LogP contribution in [0.1, 0.15) is 36.5 Å². The number of nitrogens with zero attached hydrogens (tertiary/aromatic N) is 1. The predicted molar refractivity (Wildman–Crippen MR) is 73.7 cm³/mol. The third-order valence-corrected chi connectivity index (χ3v) is 3.66. The molecule has 1 saturated heterocycles. The van der Waals surface area contributed by atoms with Gasteiger partial charge in [-0.2, -0.15) is 0 Å². The average Bonchev–Trinajstić information content (AvgIpc) is 2.42. The van der Waals surface area contributed by atoms with Gasteiger partial charge in [0, 0.05) is 24.7 Å². The van der Waals surface area contributed by atoms with Crippen molar-refractivity contribution in [2.24, 2.45) is 0 Å². The van der Waals surface area contributed by atoms with Crippen molar-refractivity contribution in [3.05, 3.63) is 35.9 Å². The summed E-state index contributed by atoms with van der Waals surface area (Å²) in [5.41, 5.74) is 0.740. The fourth-order valence-electron chi connectivity index (χ4n) is 2.49. The zero-order valence-corrected chi connectivity index (χ0v) is 11.1. The lowest BCUT2D eigenvalue weighted by atomic mass is 10.0. The van der Waals surface area contributed by atoms with Crippen LogP contribution in [0.25, 0.3) is 0 Å². The summed E-state index contributed by atoms with van der Waals surface area (Å²) in [6.07, 6.45) is 3.91. The smallest absolute Gasteiger partial charge is 0.251 e. The van der Waals surface area contributed by atoms with E-state index in [1.165, 1.54) is 25.8 Å². The van der Waals surface area contributed by atoms with Gasteiger partial charge in [-0.05, 0) is 38.4 Å². The van der Waals surface area contributed by atoms with Gasteiger partial charge in [0.15, 0.2) is 0 Å². The van der Waals surface area contributed by atoms with E-state index >= 15 is 0 Å². The molecule has 1 aromatic carbocycles. The average molecular weight is 246 g/mol. The SMILES string of the molecule is CC1CCCCN1CCNC(=O)c1ccccc1. The summed E-state index contributed by atoms with van der Waals surface area (Å²) in [6.45, 7) is 5.14. The molecular weight excluding hydrogens is 224 g/mol. The minimum Gasteiger partial charge on any atom is -0.351 e. The number of nitrogens with one attached hydrogen (secondary N) is 1. The quantitative estimate of drug-likeness (QED) is 0.884. The Bertz CT molecular complexity index is 377. The summed E-state index contributed by atoms with van der Waals surface area (Å²) in [4.78, 5) is 14.3. The number of benzene rings is 1. The number of amides is 1. The van der Waals surface area contributed by atoms with Crippen molar-refractivity contribution in [3.63, 3.8) is 0 Å². The van der Waals surface area contributed by atoms with Crippen LogP contribution in [0.3, 0.4) is 0 Å². The van der Waals surface area contributed by atoms with Gasteiger partial charge < -0.3 is 5.32 Å². The minimum absolute atomic E-state index is 0.0280. The van der Waals surface area contributed by atoms with E-state index in [0.29, 0.717) is 6.04 Å². The van der Waals surface area contributed by atoms with Crippen LogP contribution in [0.2, 0.25) is 0 Å². The van der Waals surface area contributed by atoms with Crippen LogP contribution < -0.4 is 5.32 Å². The van der Waals surface area contributed by atoms with Crippen LogP contribution in [-0.4, -0.2) is 36.5 Å². The van der Waals surface area contributed by atoms with Gasteiger partial charge in [0.05, 0.1) is 0 Å². The number of likely N-dealkylation sites (tertiary alicyclic amines) is 1. The maximum absolute atomic E-state index is 11.8. The van der Waals surface area contributed by atoms with E-state index in [1.807, 2.05) is 30.3 Å². The summed E-state index contributed by atoms with van der Waals surface area (Å²) in [5, 5.41) is 2.99. The van der Waals surface area contributed by atoms with Gasteiger partial charge in [0.2, 0.25) is 0 Å². The summed E-state index contributed by atoms with van der Waals surface area (Å²) < 4.78 is 0. The molecule has 1 aliphatic heterocycles. The highest BCUT2D eigenvalue weighted by Gasteiger charge is 2.17. The molecule has 0 radical (unpaired) electrons. The lowest BCUT2D eigenvalue weighted by molar-refractivity contribution is 0.0938. The van der Waals surface area contributed by atoms with Crippen molar-refractivity contribution in [2.75, 3.05) is 19.6 Å². The molecule has 3 nitrogen and oxygen atoms in total. The molecule has 1 unspecified atom stereocenters. The number of hydrogen-bond donors (Lipinski definition) is 1. The fourth-order valence-corrected chi connectivity index (χ4v) is 2.49. The van der Waals surface area contributed by atoms with E-state index < -0.39 is 0 Å². The Hall–Kier alpha value is -1.35. The molecule has 1 amide bonds. The van der Waals surface area contributed by atoms with Gasteiger partial charge in [-0.3, -0.25) is 9.69 Å². The largest absolute Gasteiger partial charge is 0.351 e. The second kappa shape index (κ2) is 6.55. The predicted octanol–water partition coefficient (Wildman–Crippen LogP) is 2.29. The maximum atomic E-state index is 11.8. The third-order valence-electron chi connectivity index (χ3n) is 3.66. The molecular formula is C15H22N2O. The highest BCUT2D eigenvalue weighted by atomic mass is 16.1. The van der Waals surface area contributed by atoms with E-state index in [0.717, 1.165) is 18.7 Å². The lowest BCUT2D eigenvalue weighted by Gasteiger charge is -2.33. The summed E-state index contributed by atoms with van der Waals surface area (Å²) in [5.74, 6) is 0.0280. The fraction of sp³-hybridized carbons (Fsp3) is 0.533. The van der Waals surface area contributed by atoms with E-state index in [-0.39, 0.29) is 5.91 Å². The van der Waals surface area contributed by atoms with Gasteiger partial charge in [-0.25, -0.2) is 0 Å². The molecule has 0 saturated carbocycles. The summed E-state index contributed by atoms with van der Waals surface area (Å²) in [7, 11) is 0. The maximum Gasteiger partial charge on any atom is 0.251 e. The second-order valence-corrected chi connectivity index (χ2v) is 5.00. The zero-order valence-electron chi connectivity index (χ0n) is 11.1. The van der Waals surface area contributed by atoms with E-state index in [9.17, 15) is 4.79 Å². The molecule has 1 fully saturated rings. The van der Waals surface area contributed by atoms with Crippen molar-refractivity contribution in [1.82, 2.24) is 10.2 Å². The minimum atomic E-state index is 0.0280. The zero-order chi connectivity index (χ0) is 12.8. The van der Waals surface area contributed by atoms with Gasteiger partial charge in [0.1, 0.15) is 0 Å². The molecule has 1 atom stereocenters.